The number of hydrogen-bond donors (Lipinski definition) is 1. The van der Waals surface area contributed by atoms with E-state index >= 15 is 0 Å². The largest absolute Gasteiger partial charge is 0.494 e. The highest BCUT2D eigenvalue weighted by Gasteiger charge is 2.53. The van der Waals surface area contributed by atoms with Crippen molar-refractivity contribution in [2.24, 2.45) is 0 Å². The molecule has 0 bridgehead atoms. The Morgan fingerprint density at radius 2 is 1.89 bits per heavy atom. The van der Waals surface area contributed by atoms with E-state index in [0.29, 0.717) is 13.2 Å². The summed E-state index contributed by atoms with van der Waals surface area (Å²) in [5, 5.41) is 11.8. The molecule has 0 saturated carbocycles. The summed E-state index contributed by atoms with van der Waals surface area (Å²) >= 11 is 0. The zero-order valence-electron chi connectivity index (χ0n) is 16.0. The molecule has 0 amide bonds. The molecule has 2 aliphatic rings. The number of hydrogen-bond acceptors (Lipinski definition) is 4. The van der Waals surface area contributed by atoms with Crippen LogP contribution in [0.25, 0.3) is 0 Å². The maximum absolute atomic E-state index is 11.8. The molecule has 2 aromatic rings. The molecular weight excluding hydrogens is 340 g/mol. The summed E-state index contributed by atoms with van der Waals surface area (Å²) < 4.78 is 13.3. The van der Waals surface area contributed by atoms with Crippen molar-refractivity contribution in [1.82, 2.24) is 0 Å². The van der Waals surface area contributed by atoms with E-state index < -0.39 is 5.72 Å². The molecule has 0 aromatic heterocycles. The summed E-state index contributed by atoms with van der Waals surface area (Å²) in [6.45, 7) is 3.94. The number of ether oxygens (including phenoxy) is 2. The summed E-state index contributed by atoms with van der Waals surface area (Å²) in [7, 11) is 1.69. The van der Waals surface area contributed by atoms with Gasteiger partial charge < -0.3 is 14.6 Å². The third-order valence-electron chi connectivity index (χ3n) is 5.48. The van der Waals surface area contributed by atoms with Crippen LogP contribution in [0.1, 0.15) is 31.7 Å². The van der Waals surface area contributed by atoms with Crippen molar-refractivity contribution in [3.63, 3.8) is 0 Å². The van der Waals surface area contributed by atoms with Gasteiger partial charge in [0.1, 0.15) is 5.75 Å². The lowest BCUT2D eigenvalue weighted by atomic mass is 10.0. The van der Waals surface area contributed by atoms with Gasteiger partial charge in [0.05, 0.1) is 20.3 Å². The third kappa shape index (κ3) is 3.06. The van der Waals surface area contributed by atoms with Crippen LogP contribution >= 0.6 is 0 Å². The van der Waals surface area contributed by atoms with Gasteiger partial charge in [0.2, 0.25) is 0 Å². The van der Waals surface area contributed by atoms with Crippen LogP contribution in [-0.2, 0) is 5.72 Å². The van der Waals surface area contributed by atoms with E-state index in [2.05, 4.69) is 15.5 Å². The number of para-hydroxylation sites is 2. The van der Waals surface area contributed by atoms with Gasteiger partial charge >= 0.3 is 0 Å². The molecule has 0 saturated heterocycles. The average Bonchev–Trinajstić information content (AvgIpc) is 3.03. The number of nitrogens with zero attached hydrogens (tertiary/aromatic N) is 2. The minimum Gasteiger partial charge on any atom is -0.494 e. The number of methoxy groups -OCH3 is 1. The molecule has 0 fully saturated rings. The number of rotatable bonds is 5. The molecule has 0 radical (unpaired) electrons. The van der Waals surface area contributed by atoms with E-state index in [4.69, 9.17) is 9.47 Å². The van der Waals surface area contributed by atoms with Gasteiger partial charge in [-0.2, -0.15) is 0 Å². The zero-order valence-corrected chi connectivity index (χ0v) is 16.0. The topological polar surface area (TPSA) is 44.9 Å². The second-order valence-electron chi connectivity index (χ2n) is 7.06. The lowest BCUT2D eigenvalue weighted by Crippen LogP contribution is -2.41. The van der Waals surface area contributed by atoms with E-state index in [-0.39, 0.29) is 0 Å². The van der Waals surface area contributed by atoms with Crippen LogP contribution in [0.2, 0.25) is 0 Å². The van der Waals surface area contributed by atoms with Crippen molar-refractivity contribution < 1.29 is 19.2 Å². The normalized spacial score (nSPS) is 22.0. The van der Waals surface area contributed by atoms with E-state index in [1.54, 1.807) is 7.11 Å². The molecule has 0 aliphatic carbocycles. The quantitative estimate of drug-likeness (QED) is 0.823. The van der Waals surface area contributed by atoms with E-state index in [9.17, 15) is 5.11 Å². The van der Waals surface area contributed by atoms with Gasteiger partial charge in [-0.05, 0) is 56.2 Å². The first-order chi connectivity index (χ1) is 13.2. The van der Waals surface area contributed by atoms with Crippen molar-refractivity contribution >= 4 is 11.5 Å². The Balaban J connectivity index is 1.75. The van der Waals surface area contributed by atoms with Crippen LogP contribution in [0.3, 0.4) is 0 Å². The molecule has 5 nitrogen and oxygen atoms in total. The molecule has 1 N–H and O–H groups in total. The smallest absolute Gasteiger partial charge is 0.271 e. The fourth-order valence-corrected chi connectivity index (χ4v) is 4.20. The molecule has 2 heterocycles. The predicted molar refractivity (Wildman–Crippen MR) is 106 cm³/mol. The van der Waals surface area contributed by atoms with Gasteiger partial charge in [0.15, 0.2) is 18.0 Å². The maximum Gasteiger partial charge on any atom is 0.271 e. The fourth-order valence-electron chi connectivity index (χ4n) is 4.20. The molecule has 5 heteroatoms. The highest BCUT2D eigenvalue weighted by molar-refractivity contribution is 5.97. The third-order valence-corrected chi connectivity index (χ3v) is 5.48. The number of amidine groups is 1. The lowest BCUT2D eigenvalue weighted by molar-refractivity contribution is -0.661. The Hall–Kier alpha value is -2.53. The number of aliphatic hydroxyl groups is 1. The van der Waals surface area contributed by atoms with Crippen molar-refractivity contribution in [2.45, 2.75) is 31.9 Å². The Morgan fingerprint density at radius 1 is 1.11 bits per heavy atom. The fraction of sp³-hybridized carbons (Fsp3) is 0.409. The first kappa shape index (κ1) is 17.9. The summed E-state index contributed by atoms with van der Waals surface area (Å²) in [5.41, 5.74) is 0.841. The van der Waals surface area contributed by atoms with Crippen molar-refractivity contribution in [3.05, 3.63) is 54.1 Å². The van der Waals surface area contributed by atoms with Gasteiger partial charge in [-0.15, -0.1) is 0 Å². The SMILES string of the molecule is CCOc1ccc(C2(O)CN(c3ccccc3OC)C3=[N+]2CCCC3)cc1. The van der Waals surface area contributed by atoms with Crippen LogP contribution in [-0.4, -0.2) is 42.3 Å². The van der Waals surface area contributed by atoms with Crippen molar-refractivity contribution in [3.8, 4) is 11.5 Å². The Kier molecular flexibility index (Phi) is 4.79. The molecule has 2 aliphatic heterocycles. The van der Waals surface area contributed by atoms with Gasteiger partial charge in [-0.25, -0.2) is 9.48 Å². The van der Waals surface area contributed by atoms with Gasteiger partial charge in [-0.1, -0.05) is 12.1 Å². The molecule has 27 heavy (non-hydrogen) atoms. The van der Waals surface area contributed by atoms with Crippen LogP contribution in [0.5, 0.6) is 11.5 Å². The second kappa shape index (κ2) is 7.24. The van der Waals surface area contributed by atoms with E-state index in [0.717, 1.165) is 48.6 Å². The second-order valence-corrected chi connectivity index (χ2v) is 7.06. The first-order valence-corrected chi connectivity index (χ1v) is 9.67. The van der Waals surface area contributed by atoms with Gasteiger partial charge in [-0.3, -0.25) is 0 Å². The van der Waals surface area contributed by atoms with E-state index in [1.165, 1.54) is 5.84 Å². The van der Waals surface area contributed by atoms with Gasteiger partial charge in [0.25, 0.3) is 11.6 Å². The zero-order chi connectivity index (χ0) is 18.9. The monoisotopic (exact) mass is 367 g/mol. The van der Waals surface area contributed by atoms with Crippen LogP contribution in [0, 0.1) is 0 Å². The highest BCUT2D eigenvalue weighted by Crippen LogP contribution is 2.39. The number of anilines is 1. The Labute approximate surface area is 160 Å². The summed E-state index contributed by atoms with van der Waals surface area (Å²) in [6, 6.07) is 15.8. The molecule has 1 atom stereocenters. The molecular formula is C22H27N2O3+. The highest BCUT2D eigenvalue weighted by atomic mass is 16.5. The molecule has 1 unspecified atom stereocenters. The minimum atomic E-state index is -1.05. The molecule has 4 rings (SSSR count). The predicted octanol–water partition coefficient (Wildman–Crippen LogP) is 3.35. The minimum absolute atomic E-state index is 0.483. The Bertz CT molecular complexity index is 847. The van der Waals surface area contributed by atoms with Crippen molar-refractivity contribution in [1.29, 1.82) is 0 Å². The number of benzene rings is 2. The molecule has 142 valence electrons. The summed E-state index contributed by atoms with van der Waals surface area (Å²) in [4.78, 5) is 2.22. The van der Waals surface area contributed by atoms with E-state index in [1.807, 2.05) is 49.4 Å². The summed E-state index contributed by atoms with van der Waals surface area (Å²) in [5.74, 6) is 2.82. The number of β-amino-alcohol motifs (C(OH)–C–C–N with tert-alkyl or cyclic N) is 1. The van der Waals surface area contributed by atoms with Gasteiger partial charge in [0, 0.05) is 12.0 Å². The summed E-state index contributed by atoms with van der Waals surface area (Å²) in [6.07, 6.45) is 3.18. The van der Waals surface area contributed by atoms with Crippen molar-refractivity contribution in [2.75, 3.05) is 31.7 Å². The van der Waals surface area contributed by atoms with Crippen LogP contribution < -0.4 is 14.4 Å². The molecule has 0 spiro atoms. The Morgan fingerprint density at radius 3 is 2.63 bits per heavy atom. The maximum atomic E-state index is 11.8. The van der Waals surface area contributed by atoms with Crippen LogP contribution in [0.15, 0.2) is 48.5 Å². The van der Waals surface area contributed by atoms with Crippen LogP contribution in [0.4, 0.5) is 5.69 Å². The average molecular weight is 367 g/mol. The first-order valence-electron chi connectivity index (χ1n) is 9.67. The lowest BCUT2D eigenvalue weighted by Gasteiger charge is -2.24. The molecule has 2 aromatic carbocycles. The standard InChI is InChI=1S/C22H27N2O3/c1-3-27-18-13-11-17(12-14-18)22(25)16-23(21-10-6-7-15-24(21)22)19-8-4-5-9-20(19)26-2/h4-5,8-9,11-14,25H,3,6-7,10,15-16H2,1-2H3/q+1.